The normalized spacial score (nSPS) is 11.9. The van der Waals surface area contributed by atoms with Gasteiger partial charge in [0.2, 0.25) is 0 Å². The van der Waals surface area contributed by atoms with E-state index < -0.39 is 17.9 Å². The fourth-order valence-corrected chi connectivity index (χ4v) is 2.53. The van der Waals surface area contributed by atoms with Crippen LogP contribution in [0.4, 0.5) is 0 Å². The van der Waals surface area contributed by atoms with Crippen LogP contribution in [0.15, 0.2) is 35.2 Å². The predicted molar refractivity (Wildman–Crippen MR) is 80.1 cm³/mol. The number of aliphatic carboxylic acids is 1. The van der Waals surface area contributed by atoms with E-state index in [4.69, 9.17) is 0 Å². The standard InChI is InChI=1S/C14H14BrN3O3/c1-8-2-3-10(11(15)4-8)13(19)18-12(14(20)21)5-9-6-16-7-17-9/h2-4,6-7,12H,5H2,1H3,(H,16,17)(H,18,19)(H,20,21). The summed E-state index contributed by atoms with van der Waals surface area (Å²) in [6, 6.07) is 4.24. The largest absolute Gasteiger partial charge is 0.480 e. The summed E-state index contributed by atoms with van der Waals surface area (Å²) in [4.78, 5) is 30.1. The zero-order valence-electron chi connectivity index (χ0n) is 11.3. The Bertz CT molecular complexity index is 655. The third kappa shape index (κ3) is 3.91. The molecule has 1 amide bonds. The Morgan fingerprint density at radius 1 is 1.48 bits per heavy atom. The number of imidazole rings is 1. The topological polar surface area (TPSA) is 95.1 Å². The minimum Gasteiger partial charge on any atom is -0.480 e. The highest BCUT2D eigenvalue weighted by atomic mass is 79.9. The molecule has 0 saturated heterocycles. The van der Waals surface area contributed by atoms with E-state index in [-0.39, 0.29) is 6.42 Å². The number of benzene rings is 1. The molecule has 0 bridgehead atoms. The maximum Gasteiger partial charge on any atom is 0.326 e. The number of H-pyrrole nitrogens is 1. The molecule has 0 spiro atoms. The van der Waals surface area contributed by atoms with Gasteiger partial charge in [-0.2, -0.15) is 0 Å². The highest BCUT2D eigenvalue weighted by Crippen LogP contribution is 2.18. The second-order valence-corrected chi connectivity index (χ2v) is 5.48. The van der Waals surface area contributed by atoms with E-state index in [0.717, 1.165) is 5.56 Å². The number of aryl methyl sites for hydroxylation is 1. The second kappa shape index (κ2) is 6.53. The monoisotopic (exact) mass is 351 g/mol. The van der Waals surface area contributed by atoms with E-state index in [0.29, 0.717) is 15.7 Å². The number of nitrogens with zero attached hydrogens (tertiary/aromatic N) is 1. The zero-order valence-corrected chi connectivity index (χ0v) is 12.8. The average molecular weight is 352 g/mol. The fourth-order valence-electron chi connectivity index (χ4n) is 1.86. The zero-order chi connectivity index (χ0) is 15.4. The molecule has 0 saturated carbocycles. The molecule has 21 heavy (non-hydrogen) atoms. The molecule has 0 radical (unpaired) electrons. The Balaban J connectivity index is 2.12. The lowest BCUT2D eigenvalue weighted by molar-refractivity contribution is -0.139. The number of carboxylic acid groups (broad SMARTS) is 1. The first-order chi connectivity index (χ1) is 9.97. The molecule has 0 fully saturated rings. The van der Waals surface area contributed by atoms with Crippen LogP contribution in [0.25, 0.3) is 0 Å². The number of aromatic nitrogens is 2. The molecule has 0 aliphatic heterocycles. The molecule has 0 aliphatic carbocycles. The molecule has 1 aromatic carbocycles. The van der Waals surface area contributed by atoms with Gasteiger partial charge >= 0.3 is 5.97 Å². The molecule has 2 rings (SSSR count). The molecule has 3 N–H and O–H groups in total. The molecule has 7 heteroatoms. The van der Waals surface area contributed by atoms with Crippen LogP contribution < -0.4 is 5.32 Å². The smallest absolute Gasteiger partial charge is 0.326 e. The lowest BCUT2D eigenvalue weighted by Crippen LogP contribution is -2.42. The number of amides is 1. The molecule has 6 nitrogen and oxygen atoms in total. The van der Waals surface area contributed by atoms with E-state index in [2.05, 4.69) is 31.2 Å². The van der Waals surface area contributed by atoms with Gasteiger partial charge in [-0.1, -0.05) is 6.07 Å². The summed E-state index contributed by atoms with van der Waals surface area (Å²) in [5, 5.41) is 11.7. The second-order valence-electron chi connectivity index (χ2n) is 4.63. The maximum atomic E-state index is 12.2. The number of halogens is 1. The van der Waals surface area contributed by atoms with Crippen LogP contribution in [0.5, 0.6) is 0 Å². The Kier molecular flexibility index (Phi) is 4.74. The number of carboxylic acids is 1. The number of nitrogens with one attached hydrogen (secondary N) is 2. The van der Waals surface area contributed by atoms with Crippen LogP contribution in [0.1, 0.15) is 21.6 Å². The molecule has 1 unspecified atom stereocenters. The fraction of sp³-hybridized carbons (Fsp3) is 0.214. The van der Waals surface area contributed by atoms with Gasteiger partial charge in [0.05, 0.1) is 11.9 Å². The molecule has 2 aromatic rings. The van der Waals surface area contributed by atoms with Crippen LogP contribution in [0.3, 0.4) is 0 Å². The van der Waals surface area contributed by atoms with Crippen molar-refractivity contribution in [2.45, 2.75) is 19.4 Å². The van der Waals surface area contributed by atoms with Gasteiger partial charge in [0, 0.05) is 22.8 Å². The molecule has 1 aromatic heterocycles. The van der Waals surface area contributed by atoms with E-state index in [1.165, 1.54) is 12.5 Å². The van der Waals surface area contributed by atoms with Crippen molar-refractivity contribution in [3.05, 3.63) is 52.0 Å². The van der Waals surface area contributed by atoms with Crippen LogP contribution >= 0.6 is 15.9 Å². The Morgan fingerprint density at radius 3 is 2.81 bits per heavy atom. The van der Waals surface area contributed by atoms with Crippen molar-refractivity contribution in [2.24, 2.45) is 0 Å². The van der Waals surface area contributed by atoms with Crippen LogP contribution in [0, 0.1) is 6.92 Å². The Labute approximate surface area is 129 Å². The van der Waals surface area contributed by atoms with Crippen molar-refractivity contribution >= 4 is 27.8 Å². The molecular formula is C14H14BrN3O3. The summed E-state index contributed by atoms with van der Waals surface area (Å²) in [6.45, 7) is 1.91. The van der Waals surface area contributed by atoms with Gasteiger partial charge in [0.25, 0.3) is 5.91 Å². The minimum absolute atomic E-state index is 0.143. The van der Waals surface area contributed by atoms with Gasteiger partial charge in [0.1, 0.15) is 6.04 Å². The van der Waals surface area contributed by atoms with Crippen molar-refractivity contribution in [1.82, 2.24) is 15.3 Å². The van der Waals surface area contributed by atoms with E-state index >= 15 is 0 Å². The SMILES string of the molecule is Cc1ccc(C(=O)NC(Cc2cnc[nH]2)C(=O)O)c(Br)c1. The molecule has 1 heterocycles. The summed E-state index contributed by atoms with van der Waals surface area (Å²) < 4.78 is 0.630. The van der Waals surface area contributed by atoms with Crippen molar-refractivity contribution < 1.29 is 14.7 Å². The first-order valence-electron chi connectivity index (χ1n) is 6.24. The molecular weight excluding hydrogens is 338 g/mol. The third-order valence-electron chi connectivity index (χ3n) is 2.95. The first-order valence-corrected chi connectivity index (χ1v) is 7.03. The summed E-state index contributed by atoms with van der Waals surface area (Å²) >= 11 is 3.31. The molecule has 1 atom stereocenters. The van der Waals surface area contributed by atoms with Crippen molar-refractivity contribution in [3.8, 4) is 0 Å². The summed E-state index contributed by atoms with van der Waals surface area (Å²) in [6.07, 6.45) is 3.14. The lowest BCUT2D eigenvalue weighted by Gasteiger charge is -2.14. The van der Waals surface area contributed by atoms with Crippen LogP contribution in [-0.4, -0.2) is 33.0 Å². The average Bonchev–Trinajstić information content (AvgIpc) is 2.90. The van der Waals surface area contributed by atoms with Crippen LogP contribution in [-0.2, 0) is 11.2 Å². The Hall–Kier alpha value is -2.15. The number of aromatic amines is 1. The van der Waals surface area contributed by atoms with Gasteiger partial charge in [-0.3, -0.25) is 4.79 Å². The van der Waals surface area contributed by atoms with Crippen molar-refractivity contribution in [1.29, 1.82) is 0 Å². The summed E-state index contributed by atoms with van der Waals surface area (Å²) in [5.74, 6) is -1.53. The number of hydrogen-bond acceptors (Lipinski definition) is 3. The predicted octanol–water partition coefficient (Wildman–Crippen LogP) is 1.91. The van der Waals surface area contributed by atoms with E-state index in [1.54, 1.807) is 18.2 Å². The van der Waals surface area contributed by atoms with Gasteiger partial charge in [-0.15, -0.1) is 0 Å². The van der Waals surface area contributed by atoms with E-state index in [9.17, 15) is 14.7 Å². The molecule has 0 aliphatic rings. The van der Waals surface area contributed by atoms with Gasteiger partial charge in [-0.05, 0) is 40.5 Å². The highest BCUT2D eigenvalue weighted by Gasteiger charge is 2.22. The number of carbonyl (C=O) groups is 2. The van der Waals surface area contributed by atoms with Crippen molar-refractivity contribution in [3.63, 3.8) is 0 Å². The van der Waals surface area contributed by atoms with Gasteiger partial charge in [-0.25, -0.2) is 9.78 Å². The lowest BCUT2D eigenvalue weighted by atomic mass is 10.1. The van der Waals surface area contributed by atoms with Crippen molar-refractivity contribution in [2.75, 3.05) is 0 Å². The molecule has 110 valence electrons. The van der Waals surface area contributed by atoms with Gasteiger partial charge in [0.15, 0.2) is 0 Å². The van der Waals surface area contributed by atoms with Crippen LogP contribution in [0.2, 0.25) is 0 Å². The number of hydrogen-bond donors (Lipinski definition) is 3. The van der Waals surface area contributed by atoms with Gasteiger partial charge < -0.3 is 15.4 Å². The maximum absolute atomic E-state index is 12.2. The minimum atomic E-state index is -1.10. The third-order valence-corrected chi connectivity index (χ3v) is 3.61. The quantitative estimate of drug-likeness (QED) is 0.766. The first kappa shape index (κ1) is 15.2. The Morgan fingerprint density at radius 2 is 2.24 bits per heavy atom. The summed E-state index contributed by atoms with van der Waals surface area (Å²) in [5.41, 5.74) is 2.05. The number of carbonyl (C=O) groups excluding carboxylic acids is 1. The summed E-state index contributed by atoms with van der Waals surface area (Å²) in [7, 11) is 0. The highest BCUT2D eigenvalue weighted by molar-refractivity contribution is 9.10. The van der Waals surface area contributed by atoms with E-state index in [1.807, 2.05) is 6.92 Å². The number of rotatable bonds is 5.